The van der Waals surface area contributed by atoms with Crippen molar-refractivity contribution in [3.05, 3.63) is 46.0 Å². The molecule has 0 saturated heterocycles. The van der Waals surface area contributed by atoms with E-state index >= 15 is 0 Å². The summed E-state index contributed by atoms with van der Waals surface area (Å²) in [5, 5.41) is 21.0. The third kappa shape index (κ3) is 3.27. The Labute approximate surface area is 116 Å². The molecule has 21 heavy (non-hydrogen) atoms. The van der Waals surface area contributed by atoms with Crippen LogP contribution in [0.5, 0.6) is 0 Å². The van der Waals surface area contributed by atoms with E-state index in [-0.39, 0.29) is 12.2 Å². The second-order valence-electron chi connectivity index (χ2n) is 4.20. The van der Waals surface area contributed by atoms with Crippen molar-refractivity contribution in [3.8, 4) is 0 Å². The van der Waals surface area contributed by atoms with Crippen LogP contribution in [-0.4, -0.2) is 19.7 Å². The summed E-state index contributed by atoms with van der Waals surface area (Å²) in [6.07, 6.45) is -3.19. The first kappa shape index (κ1) is 14.8. The van der Waals surface area contributed by atoms with Crippen LogP contribution >= 0.6 is 0 Å². The maximum Gasteiger partial charge on any atom is 0.416 e. The summed E-state index contributed by atoms with van der Waals surface area (Å²) in [4.78, 5) is 10.0. The van der Waals surface area contributed by atoms with Crippen molar-refractivity contribution in [2.75, 3.05) is 5.32 Å². The van der Waals surface area contributed by atoms with Crippen molar-refractivity contribution in [2.24, 2.45) is 7.05 Å². The molecule has 10 heteroatoms. The van der Waals surface area contributed by atoms with Gasteiger partial charge in [-0.1, -0.05) is 0 Å². The zero-order chi connectivity index (χ0) is 15.6. The van der Waals surface area contributed by atoms with Crippen LogP contribution in [0.4, 0.5) is 24.5 Å². The van der Waals surface area contributed by atoms with Crippen LogP contribution in [0, 0.1) is 10.1 Å². The minimum absolute atomic E-state index is 0.0176. The highest BCUT2D eigenvalue weighted by Gasteiger charge is 2.33. The van der Waals surface area contributed by atoms with E-state index in [4.69, 9.17) is 0 Å². The van der Waals surface area contributed by atoms with Crippen LogP contribution in [0.3, 0.4) is 0 Å². The van der Waals surface area contributed by atoms with Crippen molar-refractivity contribution in [1.29, 1.82) is 0 Å². The lowest BCUT2D eigenvalue weighted by molar-refractivity contribution is -0.384. The maximum atomic E-state index is 12.6. The summed E-state index contributed by atoms with van der Waals surface area (Å²) < 4.78 is 39.3. The van der Waals surface area contributed by atoms with Gasteiger partial charge in [0, 0.05) is 13.1 Å². The molecular formula is C11H10F3N5O2. The molecule has 1 heterocycles. The highest BCUT2D eigenvalue weighted by atomic mass is 19.4. The van der Waals surface area contributed by atoms with E-state index in [0.29, 0.717) is 11.9 Å². The monoisotopic (exact) mass is 301 g/mol. The second-order valence-corrected chi connectivity index (χ2v) is 4.20. The predicted molar refractivity (Wildman–Crippen MR) is 66.4 cm³/mol. The van der Waals surface area contributed by atoms with Crippen molar-refractivity contribution in [2.45, 2.75) is 12.7 Å². The lowest BCUT2D eigenvalue weighted by Gasteiger charge is -2.10. The average molecular weight is 301 g/mol. The molecule has 0 atom stereocenters. The second kappa shape index (κ2) is 5.38. The molecule has 0 bridgehead atoms. The molecule has 1 aromatic carbocycles. The molecule has 1 aromatic heterocycles. The summed E-state index contributed by atoms with van der Waals surface area (Å²) in [5.41, 5.74) is -1.73. The quantitative estimate of drug-likeness (QED) is 0.692. The van der Waals surface area contributed by atoms with Gasteiger partial charge in [-0.2, -0.15) is 13.2 Å². The number of alkyl halides is 3. The fourth-order valence-corrected chi connectivity index (χ4v) is 1.65. The maximum absolute atomic E-state index is 12.6. The van der Waals surface area contributed by atoms with Gasteiger partial charge < -0.3 is 9.88 Å². The van der Waals surface area contributed by atoms with Crippen molar-refractivity contribution in [3.63, 3.8) is 0 Å². The molecule has 0 spiro atoms. The number of nitro groups is 1. The van der Waals surface area contributed by atoms with Gasteiger partial charge in [0.15, 0.2) is 5.82 Å². The Morgan fingerprint density at radius 1 is 1.43 bits per heavy atom. The fraction of sp³-hybridized carbons (Fsp3) is 0.273. The third-order valence-electron chi connectivity index (χ3n) is 2.76. The number of anilines is 1. The number of aryl methyl sites for hydroxylation is 1. The van der Waals surface area contributed by atoms with Gasteiger partial charge in [-0.15, -0.1) is 10.2 Å². The van der Waals surface area contributed by atoms with E-state index in [1.165, 1.54) is 6.33 Å². The summed E-state index contributed by atoms with van der Waals surface area (Å²) in [6, 6.07) is 2.31. The summed E-state index contributed by atoms with van der Waals surface area (Å²) in [6.45, 7) is 0.0999. The molecule has 0 amide bonds. The van der Waals surface area contributed by atoms with E-state index in [0.717, 1.165) is 12.1 Å². The summed E-state index contributed by atoms with van der Waals surface area (Å²) in [7, 11) is 1.68. The molecule has 0 radical (unpaired) electrons. The molecule has 7 nitrogen and oxygen atoms in total. The predicted octanol–water partition coefficient (Wildman–Crippen LogP) is 2.35. The molecule has 0 aliphatic rings. The van der Waals surface area contributed by atoms with Gasteiger partial charge in [-0.3, -0.25) is 10.1 Å². The number of hydrogen-bond donors (Lipinski definition) is 1. The number of hydrogen-bond acceptors (Lipinski definition) is 5. The Kier molecular flexibility index (Phi) is 3.78. The molecule has 0 saturated carbocycles. The van der Waals surface area contributed by atoms with E-state index in [1.807, 2.05) is 0 Å². The molecule has 0 unspecified atom stereocenters. The fourth-order valence-electron chi connectivity index (χ4n) is 1.65. The summed E-state index contributed by atoms with van der Waals surface area (Å²) >= 11 is 0. The molecule has 112 valence electrons. The zero-order valence-electron chi connectivity index (χ0n) is 10.8. The Balaban J connectivity index is 2.27. The third-order valence-corrected chi connectivity index (χ3v) is 2.76. The van der Waals surface area contributed by atoms with Crippen molar-refractivity contribution in [1.82, 2.24) is 14.8 Å². The van der Waals surface area contributed by atoms with Gasteiger partial charge in [0.2, 0.25) is 0 Å². The van der Waals surface area contributed by atoms with E-state index in [2.05, 4.69) is 15.5 Å². The van der Waals surface area contributed by atoms with E-state index < -0.39 is 22.4 Å². The first-order chi connectivity index (χ1) is 9.79. The first-order valence-corrected chi connectivity index (χ1v) is 5.71. The Morgan fingerprint density at radius 3 is 2.67 bits per heavy atom. The molecule has 0 aliphatic heterocycles. The molecular weight excluding hydrogens is 291 g/mol. The zero-order valence-corrected chi connectivity index (χ0v) is 10.8. The Bertz CT molecular complexity index is 668. The van der Waals surface area contributed by atoms with E-state index in [1.54, 1.807) is 11.6 Å². The lowest BCUT2D eigenvalue weighted by Crippen LogP contribution is -2.09. The number of halogens is 3. The number of rotatable bonds is 4. The number of nitrogens with zero attached hydrogens (tertiary/aromatic N) is 4. The lowest BCUT2D eigenvalue weighted by atomic mass is 10.1. The van der Waals surface area contributed by atoms with Gasteiger partial charge >= 0.3 is 6.18 Å². The standard InChI is InChI=1S/C11H10F3N5O2/c1-18-6-16-17-10(18)5-15-8-3-2-7(11(12,13)14)4-9(8)19(20)21/h2-4,6,15H,5H2,1H3. The Morgan fingerprint density at radius 2 is 2.14 bits per heavy atom. The molecule has 1 N–H and O–H groups in total. The highest BCUT2D eigenvalue weighted by Crippen LogP contribution is 2.35. The van der Waals surface area contributed by atoms with E-state index in [9.17, 15) is 23.3 Å². The first-order valence-electron chi connectivity index (χ1n) is 5.71. The molecule has 0 fully saturated rings. The van der Waals surface area contributed by atoms with Crippen LogP contribution in [-0.2, 0) is 19.8 Å². The van der Waals surface area contributed by atoms with Crippen molar-refractivity contribution < 1.29 is 18.1 Å². The number of benzene rings is 1. The van der Waals surface area contributed by atoms with Gasteiger partial charge in [-0.05, 0) is 12.1 Å². The number of nitrogens with one attached hydrogen (secondary N) is 1. The van der Waals surface area contributed by atoms with Crippen LogP contribution < -0.4 is 5.32 Å². The van der Waals surface area contributed by atoms with Crippen LogP contribution in [0.15, 0.2) is 24.5 Å². The smallest absolute Gasteiger partial charge is 0.372 e. The molecule has 0 aliphatic carbocycles. The van der Waals surface area contributed by atoms with Crippen LogP contribution in [0.25, 0.3) is 0 Å². The van der Waals surface area contributed by atoms with Crippen LogP contribution in [0.2, 0.25) is 0 Å². The van der Waals surface area contributed by atoms with Gasteiger partial charge in [-0.25, -0.2) is 0 Å². The van der Waals surface area contributed by atoms with Gasteiger partial charge in [0.25, 0.3) is 5.69 Å². The molecule has 2 rings (SSSR count). The highest BCUT2D eigenvalue weighted by molar-refractivity contribution is 5.62. The minimum Gasteiger partial charge on any atom is -0.372 e. The minimum atomic E-state index is -4.63. The van der Waals surface area contributed by atoms with Crippen LogP contribution in [0.1, 0.15) is 11.4 Å². The topological polar surface area (TPSA) is 85.9 Å². The SMILES string of the molecule is Cn1cnnc1CNc1ccc(C(F)(F)F)cc1[N+](=O)[O-]. The largest absolute Gasteiger partial charge is 0.416 e. The Hall–Kier alpha value is -2.65. The number of aromatic nitrogens is 3. The van der Waals surface area contributed by atoms with Gasteiger partial charge in [0.05, 0.1) is 17.0 Å². The van der Waals surface area contributed by atoms with Gasteiger partial charge in [0.1, 0.15) is 12.0 Å². The summed E-state index contributed by atoms with van der Waals surface area (Å²) in [5.74, 6) is 0.490. The molecule has 2 aromatic rings. The normalized spacial score (nSPS) is 11.4. The average Bonchev–Trinajstić information content (AvgIpc) is 2.80. The number of nitro benzene ring substituents is 1. The van der Waals surface area contributed by atoms with Crippen molar-refractivity contribution >= 4 is 11.4 Å².